The second-order valence-electron chi connectivity index (χ2n) is 12.8. The molecule has 6 rings (SSSR count). The van der Waals surface area contributed by atoms with Gasteiger partial charge in [0.2, 0.25) is 10.0 Å². The standard InChI is InChI=1S/C37H41FN6O7S2/c1-25-19-20-42(24-32(25)38)33-17-18-34(52(45)46)36(35(33)37-39-40-41-44(37)23-28-9-15-31(51-4)16-10-28)53(47,48)43(21-26-5-11-29(49-2)12-6-26)22-27-7-13-30(50-3)14-8-27/h5-18,25,32H,19-24H2,1-4H3,(H,45,46)/p+1/t25-,32+/m1/s1. The van der Waals surface area contributed by atoms with E-state index >= 15 is 12.8 Å². The summed E-state index contributed by atoms with van der Waals surface area (Å²) in [6.07, 6.45) is -0.670. The summed E-state index contributed by atoms with van der Waals surface area (Å²) in [4.78, 5) is 0.996. The lowest BCUT2D eigenvalue weighted by Crippen LogP contribution is -2.43. The molecule has 0 aliphatic carbocycles. The predicted octanol–water partition coefficient (Wildman–Crippen LogP) is 4.99. The number of alkyl halides is 1. The van der Waals surface area contributed by atoms with Crippen LogP contribution in [0, 0.1) is 5.92 Å². The molecule has 0 saturated carbocycles. The lowest BCUT2D eigenvalue weighted by molar-refractivity contribution is -0.736. The fraction of sp³-hybridized carbons (Fsp3) is 0.324. The first kappa shape index (κ1) is 37.8. The highest BCUT2D eigenvalue weighted by Crippen LogP contribution is 2.41. The molecule has 53 heavy (non-hydrogen) atoms. The number of ether oxygens (including phenoxy) is 3. The number of nitrogens with one attached hydrogen (secondary N) is 1. The van der Waals surface area contributed by atoms with Crippen LogP contribution in [0.25, 0.3) is 11.4 Å². The fourth-order valence-electron chi connectivity index (χ4n) is 6.33. The highest BCUT2D eigenvalue weighted by Gasteiger charge is 2.40. The van der Waals surface area contributed by atoms with E-state index in [0.29, 0.717) is 47.0 Å². The number of aromatic amines is 1. The van der Waals surface area contributed by atoms with Crippen molar-refractivity contribution in [2.24, 2.45) is 5.92 Å². The highest BCUT2D eigenvalue weighted by molar-refractivity contribution is 7.90. The summed E-state index contributed by atoms with van der Waals surface area (Å²) in [5.41, 5.74) is 2.48. The Balaban J connectivity index is 1.56. The fourth-order valence-corrected chi connectivity index (χ4v) is 8.97. The molecule has 0 spiro atoms. The zero-order chi connectivity index (χ0) is 37.7. The van der Waals surface area contributed by atoms with E-state index in [9.17, 15) is 8.76 Å². The average Bonchev–Trinajstić information content (AvgIpc) is 3.63. The maximum Gasteiger partial charge on any atom is 0.335 e. The van der Waals surface area contributed by atoms with Crippen molar-refractivity contribution in [3.8, 4) is 28.6 Å². The third kappa shape index (κ3) is 8.35. The Morgan fingerprint density at radius 1 is 0.887 bits per heavy atom. The Kier molecular flexibility index (Phi) is 11.7. The molecule has 16 heteroatoms. The Hall–Kier alpha value is -4.90. The number of rotatable bonds is 14. The van der Waals surface area contributed by atoms with Gasteiger partial charge in [-0.25, -0.2) is 17.0 Å². The maximum absolute atomic E-state index is 15.4. The van der Waals surface area contributed by atoms with Crippen LogP contribution < -0.4 is 23.8 Å². The van der Waals surface area contributed by atoms with Gasteiger partial charge in [-0.1, -0.05) is 48.5 Å². The molecule has 1 aromatic heterocycles. The van der Waals surface area contributed by atoms with E-state index in [1.807, 2.05) is 19.1 Å². The van der Waals surface area contributed by atoms with Crippen LogP contribution in [0.2, 0.25) is 0 Å². The van der Waals surface area contributed by atoms with Crippen LogP contribution in [0.5, 0.6) is 17.2 Å². The third-order valence-corrected chi connectivity index (χ3v) is 12.1. The number of halogens is 1. The summed E-state index contributed by atoms with van der Waals surface area (Å²) in [5, 5.41) is 11.3. The molecule has 0 amide bonds. The first-order chi connectivity index (χ1) is 25.5. The SMILES string of the molecule is COc1ccc(CN(Cc2ccc(OC)cc2)S(=O)(=O)c2c(S(=O)O)ccc(N3CC[C@@H](C)[C@@H](F)C3)c2-c2nn[nH][n+]2Cc2ccc(OC)cc2)cc1. The van der Waals surface area contributed by atoms with Crippen molar-refractivity contribution in [2.45, 2.75) is 48.9 Å². The van der Waals surface area contributed by atoms with E-state index < -0.39 is 32.2 Å². The molecule has 1 saturated heterocycles. The number of anilines is 1. The van der Waals surface area contributed by atoms with E-state index in [0.717, 1.165) is 5.56 Å². The van der Waals surface area contributed by atoms with Crippen LogP contribution in [0.4, 0.5) is 10.1 Å². The van der Waals surface area contributed by atoms with Gasteiger partial charge >= 0.3 is 5.82 Å². The third-order valence-electron chi connectivity index (χ3n) is 9.42. The lowest BCUT2D eigenvalue weighted by Gasteiger charge is -2.36. The second kappa shape index (κ2) is 16.4. The van der Waals surface area contributed by atoms with Gasteiger partial charge in [-0.05, 0) is 77.6 Å². The molecule has 0 bridgehead atoms. The van der Waals surface area contributed by atoms with Crippen LogP contribution >= 0.6 is 0 Å². The molecule has 3 atom stereocenters. The summed E-state index contributed by atoms with van der Waals surface area (Å²) < 4.78 is 88.7. The lowest BCUT2D eigenvalue weighted by atomic mass is 9.96. The minimum Gasteiger partial charge on any atom is -0.497 e. The predicted molar refractivity (Wildman–Crippen MR) is 196 cm³/mol. The molecule has 1 fully saturated rings. The number of piperidine rings is 1. The second-order valence-corrected chi connectivity index (χ2v) is 15.6. The molecule has 4 aromatic carbocycles. The van der Waals surface area contributed by atoms with Crippen molar-refractivity contribution in [1.29, 1.82) is 0 Å². The molecule has 1 aliphatic rings. The number of methoxy groups -OCH3 is 3. The zero-order valence-corrected chi connectivity index (χ0v) is 31.4. The van der Waals surface area contributed by atoms with Gasteiger partial charge < -0.3 is 23.7 Å². The molecule has 1 aliphatic heterocycles. The van der Waals surface area contributed by atoms with Crippen molar-refractivity contribution in [2.75, 3.05) is 39.3 Å². The number of tetrazole rings is 1. The van der Waals surface area contributed by atoms with E-state index in [-0.39, 0.29) is 48.4 Å². The topological polar surface area (TPSA) is 151 Å². The highest BCUT2D eigenvalue weighted by atomic mass is 32.2. The van der Waals surface area contributed by atoms with Gasteiger partial charge in [0.15, 0.2) is 16.3 Å². The minimum atomic E-state index is -4.66. The number of hydrogen-bond acceptors (Lipinski definition) is 9. The van der Waals surface area contributed by atoms with Crippen LogP contribution in [0.3, 0.4) is 0 Å². The molecular weight excluding hydrogens is 724 g/mol. The van der Waals surface area contributed by atoms with E-state index in [1.165, 1.54) is 10.4 Å². The number of aromatic nitrogens is 4. The zero-order valence-electron chi connectivity index (χ0n) is 29.8. The summed E-state index contributed by atoms with van der Waals surface area (Å²) in [6, 6.07) is 24.1. The van der Waals surface area contributed by atoms with Gasteiger partial charge in [0.05, 0.1) is 31.9 Å². The van der Waals surface area contributed by atoms with Crippen molar-refractivity contribution in [3.05, 3.63) is 102 Å². The Bertz CT molecular complexity index is 2100. The smallest absolute Gasteiger partial charge is 0.335 e. The van der Waals surface area contributed by atoms with Crippen LogP contribution in [0.1, 0.15) is 30.0 Å². The molecule has 5 aromatic rings. The van der Waals surface area contributed by atoms with Crippen molar-refractivity contribution < 1.29 is 40.5 Å². The van der Waals surface area contributed by atoms with Gasteiger partial charge in [0, 0.05) is 26.2 Å². The summed E-state index contributed by atoms with van der Waals surface area (Å²) in [6.45, 7) is 2.24. The Morgan fingerprint density at radius 2 is 1.42 bits per heavy atom. The van der Waals surface area contributed by atoms with E-state index in [1.54, 1.807) is 97.6 Å². The molecule has 280 valence electrons. The molecule has 13 nitrogen and oxygen atoms in total. The van der Waals surface area contributed by atoms with Gasteiger partial charge in [-0.3, -0.25) is 0 Å². The first-order valence-electron chi connectivity index (χ1n) is 16.9. The summed E-state index contributed by atoms with van der Waals surface area (Å²) >= 11 is -2.76. The quantitative estimate of drug-likeness (QED) is 0.117. The number of sulfonamides is 1. The first-order valence-corrected chi connectivity index (χ1v) is 19.4. The van der Waals surface area contributed by atoms with E-state index in [4.69, 9.17) is 14.2 Å². The van der Waals surface area contributed by atoms with Crippen LogP contribution in [-0.4, -0.2) is 77.6 Å². The van der Waals surface area contributed by atoms with Crippen LogP contribution in [0.15, 0.2) is 94.7 Å². The summed E-state index contributed by atoms with van der Waals surface area (Å²) in [5.74, 6) is 1.74. The Labute approximate surface area is 310 Å². The van der Waals surface area contributed by atoms with Crippen molar-refractivity contribution >= 4 is 26.8 Å². The average molecular weight is 766 g/mol. The number of benzene rings is 4. The largest absolute Gasteiger partial charge is 0.497 e. The molecule has 1 unspecified atom stereocenters. The van der Waals surface area contributed by atoms with Gasteiger partial charge in [0.1, 0.15) is 45.5 Å². The number of hydrogen-bond donors (Lipinski definition) is 2. The van der Waals surface area contributed by atoms with Crippen LogP contribution in [-0.2, 0) is 40.7 Å². The van der Waals surface area contributed by atoms with Gasteiger partial charge in [-0.15, -0.1) is 0 Å². The van der Waals surface area contributed by atoms with E-state index in [2.05, 4.69) is 15.5 Å². The number of nitrogens with zero attached hydrogens (tertiary/aromatic N) is 5. The molecule has 2 N–H and O–H groups in total. The van der Waals surface area contributed by atoms with Crippen molar-refractivity contribution in [1.82, 2.24) is 19.8 Å². The van der Waals surface area contributed by atoms with Crippen molar-refractivity contribution in [3.63, 3.8) is 0 Å². The number of H-pyrrole nitrogens is 1. The maximum atomic E-state index is 15.4. The van der Waals surface area contributed by atoms with Gasteiger partial charge in [0.25, 0.3) is 0 Å². The molecule has 0 radical (unpaired) electrons. The monoisotopic (exact) mass is 765 g/mol. The molecule has 2 heterocycles. The normalized spacial score (nSPS) is 16.8. The Morgan fingerprint density at radius 3 is 1.91 bits per heavy atom. The van der Waals surface area contributed by atoms with Gasteiger partial charge in [-0.2, -0.15) is 8.99 Å². The summed E-state index contributed by atoms with van der Waals surface area (Å²) in [7, 11) is -0.00961. The minimum absolute atomic E-state index is 0.00699. The molecular formula is C37H42FN6O7S2+.